The third-order valence-electron chi connectivity index (χ3n) is 15.5. The number of esters is 2. The summed E-state index contributed by atoms with van der Waals surface area (Å²) in [6.07, 6.45) is 6.69. The van der Waals surface area contributed by atoms with E-state index in [1.807, 2.05) is 45.8 Å². The molecule has 0 amide bonds. The Morgan fingerprint density at radius 3 is 1.26 bits per heavy atom. The van der Waals surface area contributed by atoms with Crippen LogP contribution in [0.2, 0.25) is 0 Å². The second-order valence-electron chi connectivity index (χ2n) is 19.0. The molecule has 13 rings (SSSR count). The number of aliphatic hydroxyl groups excluding tert-OH is 1. The molecule has 9 aliphatic heterocycles. The van der Waals surface area contributed by atoms with Crippen LogP contribution >= 0.6 is 57.8 Å². The monoisotopic (exact) mass is 1290 g/mol. The molecule has 9 fully saturated rings. The standard InChI is InChI=1S/C19H22NO4S2.C18H19NO4S2.C8H13NO2.BH.BrH.ClH.U/c1-20(2)12-9-11(10-13(20)17-16(12)24-17)23-18(21)19(22,14-5-3-7-25-14)15-6-4-8-26-15;1-19-11-8-10(9-12(19)16-15(11)23-16)22-17(20)18(21,13-4-2-6-24-13)14-5-3-7-25-14;1-9-5-2-4(10)3-6(9)8-7(5)11-8;;;;/h3-8,11-13,16-17,22H,9-10H2,1-2H3;2-7,10-12,15-16,21H,8-9H2,1H3;4-8,10H,2-3H2,1H3;3*1H;/q+1;;;;;;/p-1/t11?,12-,13-,16-,17+;10?,11-,12-,15-,16+;4?,5-,6-,7-,8+;;;;/m000..../s1/i;;;1D;;;. The smallest absolute Gasteiger partial charge is 0.349 e. The Kier molecular flexibility index (Phi) is 15.7. The van der Waals surface area contributed by atoms with Crippen LogP contribution in [0.4, 0.5) is 0 Å². The quantitative estimate of drug-likeness (QED) is 0.0995. The van der Waals surface area contributed by atoms with Crippen LogP contribution in [0, 0.1) is 31.1 Å². The number of hydrogen-bond acceptors (Lipinski definition) is 16. The number of ether oxygens (including phenoxy) is 5. The number of likely N-dealkylation sites (N-methyl/N-ethyl adjacent to an activating group) is 3. The SMILES string of the molecule is CN1[C@H]2CC(O)C[C@H]1[C@H]1O[C@H]12.CN1[C@H]2CC(OC(=O)C(O)(c3cccs3)c3cccs3)C[C@H]1[C@H]1O[C@H]12.C[N+]1(C)[C@H]2CC(OC(=O)C(O)(c3cccs3)c3cccs3)C[C@H]1[C@H]1O[C@H]12.Cl.[2H][B].[Br-].[U]. The zero-order valence-electron chi connectivity index (χ0n) is 37.9. The molecule has 15 atom stereocenters. The Bertz CT molecular complexity index is 2150. The van der Waals surface area contributed by atoms with Crippen LogP contribution in [-0.4, -0.2) is 171 Å². The summed E-state index contributed by atoms with van der Waals surface area (Å²) in [6.45, 7) is 0. The molecule has 9 saturated heterocycles. The minimum absolute atomic E-state index is 0. The average molecular weight is 1290 g/mol. The van der Waals surface area contributed by atoms with Crippen molar-refractivity contribution in [2.45, 2.75) is 141 Å². The van der Waals surface area contributed by atoms with Crippen LogP contribution in [0.5, 0.6) is 0 Å². The second-order valence-corrected chi connectivity index (χ2v) is 22.8. The van der Waals surface area contributed by atoms with Crippen LogP contribution in [-0.2, 0) is 44.5 Å². The predicted octanol–water partition coefficient (Wildman–Crippen LogP) is 0.915. The zero-order chi connectivity index (χ0) is 44.9. The van der Waals surface area contributed by atoms with Crippen LogP contribution < -0.4 is 17.0 Å². The van der Waals surface area contributed by atoms with Gasteiger partial charge in [-0.25, -0.2) is 9.59 Å². The van der Waals surface area contributed by atoms with E-state index in [-0.39, 0.29) is 78.8 Å². The molecule has 3 N–H and O–H groups in total. The van der Waals surface area contributed by atoms with E-state index in [2.05, 4.69) is 46.4 Å². The van der Waals surface area contributed by atoms with Gasteiger partial charge in [0, 0.05) is 89.3 Å². The zero-order valence-corrected chi connectivity index (χ0v) is 46.7. The largest absolute Gasteiger partial charge is 1.00 e. The summed E-state index contributed by atoms with van der Waals surface area (Å²) in [7, 11) is 12.5. The molecule has 4 aromatic rings. The van der Waals surface area contributed by atoms with Crippen LogP contribution in [0.25, 0.3) is 0 Å². The Morgan fingerprint density at radius 1 is 0.636 bits per heavy atom. The Hall–Kier alpha value is -0.733. The van der Waals surface area contributed by atoms with Gasteiger partial charge in [0.2, 0.25) is 11.2 Å². The van der Waals surface area contributed by atoms with E-state index in [0.29, 0.717) is 92.4 Å². The van der Waals surface area contributed by atoms with Crippen molar-refractivity contribution in [1.29, 1.82) is 1.34 Å². The van der Waals surface area contributed by atoms with Gasteiger partial charge >= 0.3 is 11.9 Å². The van der Waals surface area contributed by atoms with Crippen molar-refractivity contribution in [3.8, 4) is 0 Å². The number of halogens is 2. The van der Waals surface area contributed by atoms with Gasteiger partial charge in [-0.2, -0.15) is 0 Å². The van der Waals surface area contributed by atoms with E-state index < -0.39 is 23.1 Å². The van der Waals surface area contributed by atoms with Crippen molar-refractivity contribution in [3.05, 3.63) is 89.6 Å². The maximum Gasteiger partial charge on any atom is 0.349 e. The molecule has 13 nitrogen and oxygen atoms in total. The summed E-state index contributed by atoms with van der Waals surface area (Å²) < 4.78 is 34.9. The minimum atomic E-state index is -1.72. The van der Waals surface area contributed by atoms with Crippen molar-refractivity contribution >= 4 is 78.1 Å². The first-order valence-electron chi connectivity index (χ1n) is 22.3. The fraction of sp³-hybridized carbons (Fsp3) is 0.600. The third kappa shape index (κ3) is 8.98. The van der Waals surface area contributed by atoms with E-state index in [1.165, 1.54) is 45.3 Å². The maximum atomic E-state index is 13.1. The number of hydrogen-bond donors (Lipinski definition) is 3. The van der Waals surface area contributed by atoms with Crippen LogP contribution in [0.15, 0.2) is 70.1 Å². The van der Waals surface area contributed by atoms with E-state index in [4.69, 9.17) is 25.0 Å². The normalized spacial score (nSPS) is 36.7. The number of piperidine rings is 3. The molecular formula is C45H56BBrClN3O10S4U. The average Bonchev–Trinajstić information content (AvgIpc) is 4.03. The van der Waals surface area contributed by atoms with E-state index in [1.54, 1.807) is 24.3 Å². The van der Waals surface area contributed by atoms with Crippen molar-refractivity contribution in [1.82, 2.24) is 9.80 Å². The number of fused-ring (bicyclic) bond motifs is 15. The molecule has 0 spiro atoms. The van der Waals surface area contributed by atoms with Gasteiger partial charge in [-0.3, -0.25) is 9.80 Å². The molecule has 6 bridgehead atoms. The van der Waals surface area contributed by atoms with Crippen LogP contribution in [0.1, 0.15) is 58.0 Å². The van der Waals surface area contributed by atoms with Crippen molar-refractivity contribution in [3.63, 3.8) is 0 Å². The molecule has 2 radical (unpaired) electrons. The number of carbonyl (C=O) groups is 2. The first-order valence-corrected chi connectivity index (χ1v) is 25.2. The number of thiophene rings is 4. The van der Waals surface area contributed by atoms with Gasteiger partial charge in [0.1, 0.15) is 60.9 Å². The number of rotatable bonds is 8. The number of quaternary nitrogens is 1. The Labute approximate surface area is 445 Å². The molecule has 21 heteroatoms. The van der Waals surface area contributed by atoms with E-state index in [0.717, 1.165) is 43.0 Å². The number of aliphatic hydroxyl groups is 3. The van der Waals surface area contributed by atoms with Gasteiger partial charge in [-0.05, 0) is 74.1 Å². The van der Waals surface area contributed by atoms with Crippen molar-refractivity contribution < 1.29 is 101 Å². The topological polar surface area (TPSA) is 157 Å². The number of morpholine rings is 3. The Morgan fingerprint density at radius 2 is 0.939 bits per heavy atom. The van der Waals surface area contributed by atoms with Crippen molar-refractivity contribution in [2.24, 2.45) is 0 Å². The fourth-order valence-corrected chi connectivity index (χ4v) is 15.3. The first-order chi connectivity index (χ1) is 30.8. The number of epoxide rings is 3. The molecule has 356 valence electrons. The molecule has 0 aromatic carbocycles. The summed E-state index contributed by atoms with van der Waals surface area (Å²) in [6, 6.07) is 16.9. The minimum Gasteiger partial charge on any atom is -1.00 e. The molecule has 0 aliphatic carbocycles. The van der Waals surface area contributed by atoms with E-state index >= 15 is 0 Å². The van der Waals surface area contributed by atoms with Crippen molar-refractivity contribution in [2.75, 3.05) is 28.2 Å². The number of carbonyl (C=O) groups excluding carboxylic acids is 2. The van der Waals surface area contributed by atoms with Gasteiger partial charge in [0.25, 0.3) is 0 Å². The molecule has 9 aliphatic rings. The molecule has 66 heavy (non-hydrogen) atoms. The maximum absolute atomic E-state index is 13.1. The van der Waals surface area contributed by atoms with Gasteiger partial charge in [0.15, 0.2) is 0 Å². The predicted molar refractivity (Wildman–Crippen MR) is 247 cm³/mol. The summed E-state index contributed by atoms with van der Waals surface area (Å²) in [5.74, 6) is -1.13. The molecule has 3 unspecified atom stereocenters. The van der Waals surface area contributed by atoms with Gasteiger partial charge in [-0.1, -0.05) is 24.3 Å². The molecule has 13 heterocycles. The molecule has 0 saturated carbocycles. The van der Waals surface area contributed by atoms with Gasteiger partial charge in [-0.15, -0.1) is 57.8 Å². The summed E-state index contributed by atoms with van der Waals surface area (Å²) in [4.78, 5) is 33.3. The van der Waals surface area contributed by atoms with E-state index in [9.17, 15) is 24.9 Å². The summed E-state index contributed by atoms with van der Waals surface area (Å²) in [5.41, 5.74) is -3.44. The summed E-state index contributed by atoms with van der Waals surface area (Å²) in [5, 5.41) is 39.6. The first kappa shape index (κ1) is 51.6. The molecule has 4 aromatic heterocycles. The number of nitrogens with zero attached hydrogens (tertiary/aromatic N) is 3. The van der Waals surface area contributed by atoms with Gasteiger partial charge in [0.05, 0.1) is 39.7 Å². The van der Waals surface area contributed by atoms with Crippen LogP contribution in [0.3, 0.4) is 0 Å². The van der Waals surface area contributed by atoms with Gasteiger partial charge < -0.3 is 60.5 Å². The fourth-order valence-electron chi connectivity index (χ4n) is 11.9. The Balaban J connectivity index is 0.000000152. The summed E-state index contributed by atoms with van der Waals surface area (Å²) >= 11 is 5.48. The molecular weight excluding hydrogens is 1230 g/mol. The second kappa shape index (κ2) is 20.1. The third-order valence-corrected chi connectivity index (χ3v) is 19.4.